The molecule has 0 atom stereocenters. The Morgan fingerprint density at radius 2 is 2.11 bits per heavy atom. The lowest BCUT2D eigenvalue weighted by Gasteiger charge is -2.08. The van der Waals surface area contributed by atoms with Gasteiger partial charge >= 0.3 is 0 Å². The number of carbonyl (C=O) groups excluding carboxylic acids is 1. The Balaban J connectivity index is 1.69. The molecule has 0 aliphatic carbocycles. The van der Waals surface area contributed by atoms with Crippen LogP contribution in [0.1, 0.15) is 22.5 Å². The summed E-state index contributed by atoms with van der Waals surface area (Å²) in [7, 11) is 4.93. The van der Waals surface area contributed by atoms with Crippen molar-refractivity contribution in [2.75, 3.05) is 20.8 Å². The van der Waals surface area contributed by atoms with Crippen molar-refractivity contribution in [3.63, 3.8) is 0 Å². The van der Waals surface area contributed by atoms with Crippen molar-refractivity contribution in [1.82, 2.24) is 20.3 Å². The molecule has 0 aliphatic heterocycles. The molecule has 3 aromatic rings. The largest absolute Gasteiger partial charge is 0.497 e. The number of nitrogens with zero attached hydrogens (tertiary/aromatic N) is 3. The normalized spacial score (nSPS) is 10.6. The lowest BCUT2D eigenvalue weighted by atomic mass is 10.1. The molecule has 3 rings (SSSR count). The van der Waals surface area contributed by atoms with Gasteiger partial charge in [-0.2, -0.15) is 5.10 Å². The molecule has 0 radical (unpaired) electrons. The Morgan fingerprint density at radius 1 is 1.26 bits per heavy atom. The molecule has 0 saturated carbocycles. The summed E-state index contributed by atoms with van der Waals surface area (Å²) < 4.78 is 17.0. The molecule has 2 aromatic heterocycles. The molecule has 0 spiro atoms. The van der Waals surface area contributed by atoms with Gasteiger partial charge in [0.05, 0.1) is 26.1 Å². The van der Waals surface area contributed by atoms with E-state index in [0.29, 0.717) is 29.4 Å². The Labute approximate surface area is 157 Å². The van der Waals surface area contributed by atoms with Crippen LogP contribution >= 0.6 is 0 Å². The molecule has 0 saturated heterocycles. The highest BCUT2D eigenvalue weighted by Gasteiger charge is 2.17. The number of hydrogen-bond donors (Lipinski definition) is 1. The van der Waals surface area contributed by atoms with Crippen LogP contribution in [0.5, 0.6) is 11.5 Å². The third kappa shape index (κ3) is 4.28. The smallest absolute Gasteiger partial charge is 0.269 e. The quantitative estimate of drug-likeness (QED) is 0.613. The van der Waals surface area contributed by atoms with Gasteiger partial charge in [-0.25, -0.2) is 0 Å². The van der Waals surface area contributed by atoms with Crippen LogP contribution in [-0.4, -0.2) is 41.6 Å². The first-order valence-electron chi connectivity index (χ1n) is 8.55. The standard InChI is InChI=1S/C19H22N4O4/c1-23-17(19(24)20-8-4-5-13-11-21-27-12-13)10-16(22-23)15-9-14(25-2)6-7-18(15)26-3/h6-7,9-12H,4-5,8H2,1-3H3,(H,20,24). The van der Waals surface area contributed by atoms with Crippen molar-refractivity contribution >= 4 is 5.91 Å². The highest BCUT2D eigenvalue weighted by molar-refractivity contribution is 5.93. The van der Waals surface area contributed by atoms with Gasteiger partial charge in [-0.3, -0.25) is 9.48 Å². The van der Waals surface area contributed by atoms with Gasteiger partial charge in [0.1, 0.15) is 23.5 Å². The average molecular weight is 370 g/mol. The predicted molar refractivity (Wildman–Crippen MR) is 98.9 cm³/mol. The lowest BCUT2D eigenvalue weighted by Crippen LogP contribution is -2.26. The molecule has 0 unspecified atom stereocenters. The first kappa shape index (κ1) is 18.5. The first-order valence-corrected chi connectivity index (χ1v) is 8.55. The second-order valence-corrected chi connectivity index (χ2v) is 6.00. The summed E-state index contributed by atoms with van der Waals surface area (Å²) in [5.74, 6) is 1.18. The molecule has 1 amide bonds. The van der Waals surface area contributed by atoms with Crippen molar-refractivity contribution in [2.45, 2.75) is 12.8 Å². The van der Waals surface area contributed by atoms with E-state index in [4.69, 9.17) is 14.0 Å². The van der Waals surface area contributed by atoms with E-state index in [1.807, 2.05) is 18.2 Å². The van der Waals surface area contributed by atoms with Crippen LogP contribution in [-0.2, 0) is 13.5 Å². The van der Waals surface area contributed by atoms with Crippen LogP contribution < -0.4 is 14.8 Å². The van der Waals surface area contributed by atoms with Crippen molar-refractivity contribution < 1.29 is 18.8 Å². The van der Waals surface area contributed by atoms with Crippen LogP contribution in [0.3, 0.4) is 0 Å². The molecular weight excluding hydrogens is 348 g/mol. The summed E-state index contributed by atoms with van der Waals surface area (Å²) in [6.07, 6.45) is 4.87. The third-order valence-corrected chi connectivity index (χ3v) is 4.21. The van der Waals surface area contributed by atoms with Crippen LogP contribution in [0.2, 0.25) is 0 Å². The van der Waals surface area contributed by atoms with Gasteiger partial charge in [0.15, 0.2) is 0 Å². The van der Waals surface area contributed by atoms with Crippen LogP contribution in [0.25, 0.3) is 11.3 Å². The lowest BCUT2D eigenvalue weighted by molar-refractivity contribution is 0.0944. The number of nitrogens with one attached hydrogen (secondary N) is 1. The number of rotatable bonds is 8. The Morgan fingerprint density at radius 3 is 2.81 bits per heavy atom. The summed E-state index contributed by atoms with van der Waals surface area (Å²) in [6, 6.07) is 7.20. The monoisotopic (exact) mass is 370 g/mol. The van der Waals surface area contributed by atoms with E-state index in [2.05, 4.69) is 15.6 Å². The maximum atomic E-state index is 12.5. The van der Waals surface area contributed by atoms with Gasteiger partial charge in [0.2, 0.25) is 0 Å². The van der Waals surface area contributed by atoms with Gasteiger partial charge in [-0.15, -0.1) is 0 Å². The minimum Gasteiger partial charge on any atom is -0.497 e. The number of ether oxygens (including phenoxy) is 2. The SMILES string of the molecule is COc1ccc(OC)c(-c2cc(C(=O)NCCCc3cnoc3)n(C)n2)c1. The first-order chi connectivity index (χ1) is 13.1. The summed E-state index contributed by atoms with van der Waals surface area (Å²) in [5, 5.41) is 11.0. The van der Waals surface area contributed by atoms with E-state index in [9.17, 15) is 4.79 Å². The van der Waals surface area contributed by atoms with E-state index in [0.717, 1.165) is 24.0 Å². The Bertz CT molecular complexity index is 903. The summed E-state index contributed by atoms with van der Waals surface area (Å²) >= 11 is 0. The van der Waals surface area contributed by atoms with E-state index in [-0.39, 0.29) is 5.91 Å². The fourth-order valence-electron chi connectivity index (χ4n) is 2.76. The molecule has 0 aliphatic rings. The minimum atomic E-state index is -0.177. The number of benzene rings is 1. The molecule has 27 heavy (non-hydrogen) atoms. The third-order valence-electron chi connectivity index (χ3n) is 4.21. The minimum absolute atomic E-state index is 0.177. The molecular formula is C19H22N4O4. The number of methoxy groups -OCH3 is 2. The second-order valence-electron chi connectivity index (χ2n) is 6.00. The maximum Gasteiger partial charge on any atom is 0.269 e. The highest BCUT2D eigenvalue weighted by atomic mass is 16.5. The Hall–Kier alpha value is -3.29. The van der Waals surface area contributed by atoms with E-state index in [1.165, 1.54) is 0 Å². The van der Waals surface area contributed by atoms with Gasteiger partial charge in [-0.1, -0.05) is 5.16 Å². The summed E-state index contributed by atoms with van der Waals surface area (Å²) in [6.45, 7) is 0.549. The van der Waals surface area contributed by atoms with Gasteiger partial charge in [-0.05, 0) is 37.1 Å². The molecule has 8 heteroatoms. The fourth-order valence-corrected chi connectivity index (χ4v) is 2.76. The van der Waals surface area contributed by atoms with Crippen LogP contribution in [0.4, 0.5) is 0 Å². The van der Waals surface area contributed by atoms with Crippen molar-refractivity contribution in [2.24, 2.45) is 7.05 Å². The molecule has 2 heterocycles. The Kier molecular flexibility index (Phi) is 5.75. The van der Waals surface area contributed by atoms with Gasteiger partial charge < -0.3 is 19.3 Å². The second kappa shape index (κ2) is 8.39. The zero-order valence-corrected chi connectivity index (χ0v) is 15.6. The zero-order chi connectivity index (χ0) is 19.2. The molecule has 1 aromatic carbocycles. The number of hydrogen-bond acceptors (Lipinski definition) is 6. The maximum absolute atomic E-state index is 12.5. The van der Waals surface area contributed by atoms with Crippen LogP contribution in [0.15, 0.2) is 41.2 Å². The van der Waals surface area contributed by atoms with Crippen molar-refractivity contribution in [3.05, 3.63) is 48.0 Å². The van der Waals surface area contributed by atoms with E-state index in [1.54, 1.807) is 44.5 Å². The van der Waals surface area contributed by atoms with Gasteiger partial charge in [0, 0.05) is 24.7 Å². The van der Waals surface area contributed by atoms with Crippen LogP contribution in [0, 0.1) is 0 Å². The molecule has 0 fully saturated rings. The average Bonchev–Trinajstić information content (AvgIpc) is 3.34. The summed E-state index contributed by atoms with van der Waals surface area (Å²) in [4.78, 5) is 12.5. The highest BCUT2D eigenvalue weighted by Crippen LogP contribution is 2.32. The molecule has 1 N–H and O–H groups in total. The molecule has 0 bridgehead atoms. The predicted octanol–water partition coefficient (Wildman–Crippen LogP) is 2.45. The fraction of sp³-hybridized carbons (Fsp3) is 0.316. The van der Waals surface area contributed by atoms with Crippen molar-refractivity contribution in [3.8, 4) is 22.8 Å². The number of amides is 1. The van der Waals surface area contributed by atoms with Gasteiger partial charge in [0.25, 0.3) is 5.91 Å². The summed E-state index contributed by atoms with van der Waals surface area (Å²) in [5.41, 5.74) is 2.89. The molecule has 8 nitrogen and oxygen atoms in total. The van der Waals surface area contributed by atoms with Crippen molar-refractivity contribution in [1.29, 1.82) is 0 Å². The van der Waals surface area contributed by atoms with E-state index < -0.39 is 0 Å². The number of carbonyl (C=O) groups is 1. The zero-order valence-electron chi connectivity index (χ0n) is 15.6. The number of aryl methyl sites for hydroxylation is 2. The van der Waals surface area contributed by atoms with E-state index >= 15 is 0 Å². The number of aromatic nitrogens is 3. The molecule has 142 valence electrons. The topological polar surface area (TPSA) is 91.4 Å².